The Morgan fingerprint density at radius 2 is 1.57 bits per heavy atom. The molecule has 0 saturated heterocycles. The molecule has 3 rings (SSSR count). The second-order valence-corrected chi connectivity index (χ2v) is 6.11. The van der Waals surface area contributed by atoms with Crippen LogP contribution in [0.2, 0.25) is 0 Å². The highest BCUT2D eigenvalue weighted by Gasteiger charge is 2.07. The Labute approximate surface area is 139 Å². The van der Waals surface area contributed by atoms with Gasteiger partial charge in [-0.3, -0.25) is 0 Å². The Balaban J connectivity index is 1.52. The highest BCUT2D eigenvalue weighted by Crippen LogP contribution is 2.18. The van der Waals surface area contributed by atoms with E-state index in [0.717, 1.165) is 19.4 Å². The van der Waals surface area contributed by atoms with Gasteiger partial charge in [-0.1, -0.05) is 79.7 Å². The average molecular weight is 303 g/mol. The summed E-state index contributed by atoms with van der Waals surface area (Å²) in [4.78, 5) is 0. The molecule has 0 aromatic heterocycles. The Hall–Kier alpha value is -2.12. The van der Waals surface area contributed by atoms with Gasteiger partial charge in [0, 0.05) is 6.04 Å². The predicted octanol–water partition coefficient (Wildman–Crippen LogP) is 5.51. The first-order valence-electron chi connectivity index (χ1n) is 8.63. The van der Waals surface area contributed by atoms with Crippen molar-refractivity contribution in [3.63, 3.8) is 0 Å². The summed E-state index contributed by atoms with van der Waals surface area (Å²) >= 11 is 0. The Morgan fingerprint density at radius 3 is 2.35 bits per heavy atom. The van der Waals surface area contributed by atoms with Crippen LogP contribution in [0.5, 0.6) is 0 Å². The molecule has 118 valence electrons. The molecule has 0 heterocycles. The topological polar surface area (TPSA) is 12.0 Å². The van der Waals surface area contributed by atoms with Crippen LogP contribution in [0.15, 0.2) is 72.8 Å². The predicted molar refractivity (Wildman–Crippen MR) is 99.7 cm³/mol. The molecule has 1 N–H and O–H groups in total. The summed E-state index contributed by atoms with van der Waals surface area (Å²) in [6.45, 7) is 3.30. The largest absolute Gasteiger partial charge is 0.310 e. The van der Waals surface area contributed by atoms with Crippen LogP contribution in [-0.2, 0) is 6.42 Å². The van der Waals surface area contributed by atoms with Crippen LogP contribution >= 0.6 is 0 Å². The minimum Gasteiger partial charge on any atom is -0.310 e. The lowest BCUT2D eigenvalue weighted by molar-refractivity contribution is 0.510. The molecule has 0 aliphatic rings. The van der Waals surface area contributed by atoms with Gasteiger partial charge >= 0.3 is 0 Å². The van der Waals surface area contributed by atoms with Crippen LogP contribution in [0.3, 0.4) is 0 Å². The molecule has 0 aliphatic carbocycles. The quantitative estimate of drug-likeness (QED) is 0.567. The Bertz CT molecular complexity index is 733. The van der Waals surface area contributed by atoms with Crippen LogP contribution < -0.4 is 5.32 Å². The minimum atomic E-state index is 0.466. The maximum atomic E-state index is 3.69. The summed E-state index contributed by atoms with van der Waals surface area (Å²) in [5.74, 6) is 0. The Morgan fingerprint density at radius 1 is 0.826 bits per heavy atom. The first-order chi connectivity index (χ1) is 11.4. The molecular weight excluding hydrogens is 278 g/mol. The average Bonchev–Trinajstić information content (AvgIpc) is 2.62. The zero-order valence-corrected chi connectivity index (χ0v) is 13.8. The first-order valence-corrected chi connectivity index (χ1v) is 8.63. The van der Waals surface area contributed by atoms with E-state index in [2.05, 4.69) is 85.0 Å². The van der Waals surface area contributed by atoms with Crippen LogP contribution in [0.4, 0.5) is 0 Å². The van der Waals surface area contributed by atoms with Gasteiger partial charge in [-0.2, -0.15) is 0 Å². The third-order valence-electron chi connectivity index (χ3n) is 4.46. The molecule has 23 heavy (non-hydrogen) atoms. The summed E-state index contributed by atoms with van der Waals surface area (Å²) in [7, 11) is 0. The molecule has 1 atom stereocenters. The fourth-order valence-corrected chi connectivity index (χ4v) is 3.15. The maximum absolute atomic E-state index is 3.69. The van der Waals surface area contributed by atoms with Gasteiger partial charge in [0.05, 0.1) is 0 Å². The van der Waals surface area contributed by atoms with Gasteiger partial charge in [0.25, 0.3) is 0 Å². The van der Waals surface area contributed by atoms with Crippen LogP contribution in [-0.4, -0.2) is 6.54 Å². The van der Waals surface area contributed by atoms with E-state index in [0.29, 0.717) is 6.04 Å². The summed E-state index contributed by atoms with van der Waals surface area (Å²) in [6.07, 6.45) is 3.42. The number of hydrogen-bond acceptors (Lipinski definition) is 1. The van der Waals surface area contributed by atoms with Crippen molar-refractivity contribution in [3.8, 4) is 0 Å². The fourth-order valence-electron chi connectivity index (χ4n) is 3.15. The Kier molecular flexibility index (Phi) is 5.44. The normalized spacial score (nSPS) is 12.4. The van der Waals surface area contributed by atoms with Gasteiger partial charge in [-0.05, 0) is 47.7 Å². The summed E-state index contributed by atoms with van der Waals surface area (Å²) in [5.41, 5.74) is 2.82. The van der Waals surface area contributed by atoms with Crippen molar-refractivity contribution in [2.24, 2.45) is 0 Å². The minimum absolute atomic E-state index is 0.466. The highest BCUT2D eigenvalue weighted by atomic mass is 14.9. The number of benzene rings is 3. The molecule has 0 bridgehead atoms. The van der Waals surface area contributed by atoms with Crippen molar-refractivity contribution in [3.05, 3.63) is 83.9 Å². The third-order valence-corrected chi connectivity index (χ3v) is 4.46. The second-order valence-electron chi connectivity index (χ2n) is 6.11. The molecule has 0 spiro atoms. The van der Waals surface area contributed by atoms with E-state index >= 15 is 0 Å². The zero-order chi connectivity index (χ0) is 15.9. The first kappa shape index (κ1) is 15.8. The van der Waals surface area contributed by atoms with Crippen LogP contribution in [0, 0.1) is 0 Å². The standard InChI is InChI=1S/C22H25N/c1-2-22(20-11-4-3-5-12-20)23-16-8-9-18-14-15-19-10-6-7-13-21(19)17-18/h3-7,10-15,17,22-23H,2,8-9,16H2,1H3. The van der Waals surface area contributed by atoms with E-state index in [1.54, 1.807) is 0 Å². The number of hydrogen-bond donors (Lipinski definition) is 1. The lowest BCUT2D eigenvalue weighted by atomic mass is 10.0. The molecule has 1 nitrogen and oxygen atoms in total. The van der Waals surface area contributed by atoms with Gasteiger partial charge in [0.2, 0.25) is 0 Å². The monoisotopic (exact) mass is 303 g/mol. The molecule has 1 unspecified atom stereocenters. The molecule has 0 radical (unpaired) electrons. The number of fused-ring (bicyclic) bond motifs is 1. The number of nitrogens with one attached hydrogen (secondary N) is 1. The second kappa shape index (κ2) is 7.94. The van der Waals surface area contributed by atoms with E-state index in [4.69, 9.17) is 0 Å². The molecule has 3 aromatic carbocycles. The van der Waals surface area contributed by atoms with Crippen molar-refractivity contribution in [1.82, 2.24) is 5.32 Å². The van der Waals surface area contributed by atoms with E-state index in [1.165, 1.54) is 28.3 Å². The fraction of sp³-hybridized carbons (Fsp3) is 0.273. The van der Waals surface area contributed by atoms with E-state index in [9.17, 15) is 0 Å². The smallest absolute Gasteiger partial charge is 0.0317 e. The van der Waals surface area contributed by atoms with Crippen molar-refractivity contribution in [2.45, 2.75) is 32.2 Å². The maximum Gasteiger partial charge on any atom is 0.0317 e. The van der Waals surface area contributed by atoms with Gasteiger partial charge in [0.15, 0.2) is 0 Å². The van der Waals surface area contributed by atoms with Gasteiger partial charge < -0.3 is 5.32 Å². The van der Waals surface area contributed by atoms with Gasteiger partial charge in [-0.15, -0.1) is 0 Å². The molecule has 3 aromatic rings. The lowest BCUT2D eigenvalue weighted by Crippen LogP contribution is -2.22. The van der Waals surface area contributed by atoms with Crippen molar-refractivity contribution in [1.29, 1.82) is 0 Å². The van der Waals surface area contributed by atoms with Crippen molar-refractivity contribution >= 4 is 10.8 Å². The molecule has 0 saturated carbocycles. The summed E-state index contributed by atoms with van der Waals surface area (Å²) < 4.78 is 0. The summed E-state index contributed by atoms with van der Waals surface area (Å²) in [6, 6.07) is 26.6. The van der Waals surface area contributed by atoms with Crippen LogP contribution in [0.1, 0.15) is 36.9 Å². The molecule has 0 aliphatic heterocycles. The van der Waals surface area contributed by atoms with E-state index in [-0.39, 0.29) is 0 Å². The zero-order valence-electron chi connectivity index (χ0n) is 13.8. The molecule has 1 heteroatoms. The molecule has 0 fully saturated rings. The SMILES string of the molecule is CCC(NCCCc1ccc2ccccc2c1)c1ccccc1. The highest BCUT2D eigenvalue weighted by molar-refractivity contribution is 5.82. The van der Waals surface area contributed by atoms with Gasteiger partial charge in [0.1, 0.15) is 0 Å². The van der Waals surface area contributed by atoms with Crippen molar-refractivity contribution in [2.75, 3.05) is 6.54 Å². The lowest BCUT2D eigenvalue weighted by Gasteiger charge is -2.17. The van der Waals surface area contributed by atoms with Crippen molar-refractivity contribution < 1.29 is 0 Å². The van der Waals surface area contributed by atoms with E-state index in [1.807, 2.05) is 0 Å². The number of aryl methyl sites for hydroxylation is 1. The number of rotatable bonds is 7. The molecule has 0 amide bonds. The third kappa shape index (κ3) is 4.20. The van der Waals surface area contributed by atoms with Gasteiger partial charge in [-0.25, -0.2) is 0 Å². The summed E-state index contributed by atoms with van der Waals surface area (Å²) in [5, 5.41) is 6.36. The molecular formula is C22H25N. The van der Waals surface area contributed by atoms with Crippen LogP contribution in [0.25, 0.3) is 10.8 Å². The van der Waals surface area contributed by atoms with E-state index < -0.39 is 0 Å².